The lowest BCUT2D eigenvalue weighted by Gasteiger charge is -2.37. The van der Waals surface area contributed by atoms with Crippen molar-refractivity contribution in [3.63, 3.8) is 0 Å². The Labute approximate surface area is 113 Å². The van der Waals surface area contributed by atoms with E-state index in [1.54, 1.807) is 0 Å². The monoisotopic (exact) mass is 304 g/mol. The van der Waals surface area contributed by atoms with Gasteiger partial charge in [-0.2, -0.15) is 0 Å². The topological polar surface area (TPSA) is 44.8 Å². The first kappa shape index (κ1) is 15.7. The van der Waals surface area contributed by atoms with Gasteiger partial charge >= 0.3 is 7.82 Å². The van der Waals surface area contributed by atoms with E-state index in [-0.39, 0.29) is 17.9 Å². The minimum atomic E-state index is -3.43. The van der Waals surface area contributed by atoms with Gasteiger partial charge in [-0.05, 0) is 12.8 Å². The number of phosphoric acid groups is 1. The van der Waals surface area contributed by atoms with Gasteiger partial charge in [0.1, 0.15) is 0 Å². The third-order valence-electron chi connectivity index (χ3n) is 3.14. The number of rotatable bonds is 6. The van der Waals surface area contributed by atoms with E-state index < -0.39 is 13.2 Å². The van der Waals surface area contributed by atoms with Crippen LogP contribution >= 0.6 is 31.0 Å². The summed E-state index contributed by atoms with van der Waals surface area (Å²) in [5.41, 5.74) is -0.0515. The van der Waals surface area contributed by atoms with E-state index in [2.05, 4.69) is 13.8 Å². The minimum absolute atomic E-state index is 0.0515. The maximum absolute atomic E-state index is 12.0. The standard InChI is InChI=1S/C10H19Cl2O4P/c1-3-10(4-2)7-15-17(13,16-8-10)14-6-9(12)5-11/h9H,3-8H2,1-2H3/t9-/m0/s1. The average Bonchev–Trinajstić information content (AvgIpc) is 2.38. The zero-order valence-electron chi connectivity index (χ0n) is 10.2. The van der Waals surface area contributed by atoms with Crippen molar-refractivity contribution < 1.29 is 18.1 Å². The van der Waals surface area contributed by atoms with Gasteiger partial charge in [-0.3, -0.25) is 13.6 Å². The Balaban J connectivity index is 2.46. The third-order valence-corrected chi connectivity index (χ3v) is 5.31. The largest absolute Gasteiger partial charge is 0.474 e. The fraction of sp³-hybridized carbons (Fsp3) is 1.00. The van der Waals surface area contributed by atoms with Crippen molar-refractivity contribution >= 4 is 31.0 Å². The van der Waals surface area contributed by atoms with Crippen molar-refractivity contribution in [3.8, 4) is 0 Å². The highest BCUT2D eigenvalue weighted by Gasteiger charge is 2.41. The molecule has 1 aliphatic heterocycles. The lowest BCUT2D eigenvalue weighted by atomic mass is 9.84. The molecule has 0 aliphatic carbocycles. The second-order valence-electron chi connectivity index (χ2n) is 4.25. The molecule has 102 valence electrons. The summed E-state index contributed by atoms with van der Waals surface area (Å²) < 4.78 is 27.6. The highest BCUT2D eigenvalue weighted by molar-refractivity contribution is 7.48. The van der Waals surface area contributed by atoms with Gasteiger partial charge in [0, 0.05) is 11.3 Å². The van der Waals surface area contributed by atoms with Gasteiger partial charge in [-0.15, -0.1) is 23.2 Å². The number of hydrogen-bond donors (Lipinski definition) is 0. The molecular weight excluding hydrogens is 286 g/mol. The molecule has 1 heterocycles. The van der Waals surface area contributed by atoms with E-state index in [4.69, 9.17) is 36.8 Å². The van der Waals surface area contributed by atoms with Crippen LogP contribution < -0.4 is 0 Å². The molecule has 0 radical (unpaired) electrons. The quantitative estimate of drug-likeness (QED) is 0.553. The van der Waals surface area contributed by atoms with Gasteiger partial charge in [-0.25, -0.2) is 4.57 Å². The lowest BCUT2D eigenvalue weighted by Crippen LogP contribution is -2.35. The summed E-state index contributed by atoms with van der Waals surface area (Å²) in [5.74, 6) is 0.232. The summed E-state index contributed by atoms with van der Waals surface area (Å²) in [6, 6.07) is 0. The molecule has 0 spiro atoms. The van der Waals surface area contributed by atoms with Crippen molar-refractivity contribution in [2.45, 2.75) is 32.1 Å². The molecule has 4 nitrogen and oxygen atoms in total. The molecule has 1 fully saturated rings. The summed E-state index contributed by atoms with van der Waals surface area (Å²) in [6.45, 7) is 4.98. The molecule has 7 heteroatoms. The van der Waals surface area contributed by atoms with E-state index in [1.807, 2.05) is 0 Å². The van der Waals surface area contributed by atoms with Crippen molar-refractivity contribution in [1.82, 2.24) is 0 Å². The van der Waals surface area contributed by atoms with Gasteiger partial charge in [0.05, 0.1) is 25.2 Å². The first-order chi connectivity index (χ1) is 7.99. The second-order valence-corrected chi connectivity index (χ2v) is 6.84. The Morgan fingerprint density at radius 1 is 1.35 bits per heavy atom. The van der Waals surface area contributed by atoms with Gasteiger partial charge in [-0.1, -0.05) is 13.8 Å². The Kier molecular flexibility index (Phi) is 6.24. The van der Waals surface area contributed by atoms with Crippen LogP contribution in [0.5, 0.6) is 0 Å². The molecule has 1 aliphatic rings. The zero-order chi connectivity index (χ0) is 12.9. The molecule has 0 N–H and O–H groups in total. The SMILES string of the molecule is CCC1(CC)COP(=O)(OC[C@@H](Cl)CCl)OC1. The maximum atomic E-state index is 12.0. The third kappa shape index (κ3) is 4.38. The minimum Gasteiger partial charge on any atom is -0.286 e. The van der Waals surface area contributed by atoms with Gasteiger partial charge in [0.2, 0.25) is 0 Å². The van der Waals surface area contributed by atoms with Crippen LogP contribution in [0, 0.1) is 5.41 Å². The van der Waals surface area contributed by atoms with Crippen molar-refractivity contribution in [1.29, 1.82) is 0 Å². The molecule has 0 aromatic carbocycles. The molecule has 0 unspecified atom stereocenters. The zero-order valence-corrected chi connectivity index (χ0v) is 12.6. The predicted octanol–water partition coefficient (Wildman–Crippen LogP) is 3.81. The molecule has 0 amide bonds. The fourth-order valence-corrected chi connectivity index (χ4v) is 3.15. The Bertz CT molecular complexity index is 269. The summed E-state index contributed by atoms with van der Waals surface area (Å²) in [4.78, 5) is 0. The van der Waals surface area contributed by atoms with E-state index >= 15 is 0 Å². The molecule has 0 saturated carbocycles. The molecule has 1 saturated heterocycles. The molecule has 0 bridgehead atoms. The van der Waals surface area contributed by atoms with Crippen LogP contribution in [0.25, 0.3) is 0 Å². The van der Waals surface area contributed by atoms with Crippen LogP contribution in [0.3, 0.4) is 0 Å². The van der Waals surface area contributed by atoms with Crippen molar-refractivity contribution in [2.75, 3.05) is 25.7 Å². The van der Waals surface area contributed by atoms with Crippen LogP contribution in [-0.2, 0) is 18.1 Å². The van der Waals surface area contributed by atoms with Gasteiger partial charge in [0.15, 0.2) is 0 Å². The molecule has 17 heavy (non-hydrogen) atoms. The molecule has 0 aromatic rings. The summed E-state index contributed by atoms with van der Waals surface area (Å²) in [6.07, 6.45) is 1.84. The van der Waals surface area contributed by atoms with E-state index in [0.29, 0.717) is 13.2 Å². The lowest BCUT2D eigenvalue weighted by molar-refractivity contribution is -0.0208. The fourth-order valence-electron chi connectivity index (χ4n) is 1.46. The first-order valence-electron chi connectivity index (χ1n) is 5.73. The Morgan fingerprint density at radius 2 is 1.88 bits per heavy atom. The number of hydrogen-bond acceptors (Lipinski definition) is 4. The van der Waals surface area contributed by atoms with E-state index in [9.17, 15) is 4.57 Å². The van der Waals surface area contributed by atoms with Crippen LogP contribution in [-0.4, -0.2) is 31.1 Å². The maximum Gasteiger partial charge on any atom is 0.474 e. The number of alkyl halides is 2. The molecule has 0 aromatic heterocycles. The van der Waals surface area contributed by atoms with Gasteiger partial charge < -0.3 is 0 Å². The van der Waals surface area contributed by atoms with Crippen LogP contribution in [0.1, 0.15) is 26.7 Å². The summed E-state index contributed by atoms with van der Waals surface area (Å²) in [5, 5.41) is -0.390. The second kappa shape index (κ2) is 6.74. The van der Waals surface area contributed by atoms with E-state index in [1.165, 1.54) is 0 Å². The predicted molar refractivity (Wildman–Crippen MR) is 68.8 cm³/mol. The van der Waals surface area contributed by atoms with Crippen LogP contribution in [0.4, 0.5) is 0 Å². The van der Waals surface area contributed by atoms with Crippen molar-refractivity contribution in [2.24, 2.45) is 5.41 Å². The number of halogens is 2. The average molecular weight is 305 g/mol. The smallest absolute Gasteiger partial charge is 0.286 e. The Hall–Kier alpha value is 0.690. The molecule has 1 rings (SSSR count). The van der Waals surface area contributed by atoms with Crippen molar-refractivity contribution in [3.05, 3.63) is 0 Å². The van der Waals surface area contributed by atoms with Crippen LogP contribution in [0.2, 0.25) is 0 Å². The highest BCUT2D eigenvalue weighted by atomic mass is 35.5. The Morgan fingerprint density at radius 3 is 2.29 bits per heavy atom. The normalized spacial score (nSPS) is 24.5. The molecule has 1 atom stereocenters. The van der Waals surface area contributed by atoms with E-state index in [0.717, 1.165) is 12.8 Å². The highest BCUT2D eigenvalue weighted by Crippen LogP contribution is 2.56. The first-order valence-corrected chi connectivity index (χ1v) is 8.16. The van der Waals surface area contributed by atoms with Gasteiger partial charge in [0.25, 0.3) is 0 Å². The summed E-state index contributed by atoms with van der Waals surface area (Å²) in [7, 11) is -3.43. The summed E-state index contributed by atoms with van der Waals surface area (Å²) >= 11 is 11.3. The molecular formula is C10H19Cl2O4P. The van der Waals surface area contributed by atoms with Crippen LogP contribution in [0.15, 0.2) is 0 Å². The number of phosphoric ester groups is 1.